The molecule has 1 aliphatic carbocycles. The largest absolute Gasteiger partial charge is 0.390 e. The average Bonchev–Trinajstić information content (AvgIpc) is 2.35. The van der Waals surface area contributed by atoms with Crippen LogP contribution in [-0.2, 0) is 9.47 Å². The molecule has 0 aromatic carbocycles. The number of aliphatic hydroxyl groups is 1. The van der Waals surface area contributed by atoms with Gasteiger partial charge in [0, 0.05) is 4.48 Å². The van der Waals surface area contributed by atoms with Crippen LogP contribution < -0.4 is 0 Å². The molecule has 0 saturated carbocycles. The van der Waals surface area contributed by atoms with Gasteiger partial charge in [-0.2, -0.15) is 0 Å². The molecule has 3 nitrogen and oxygen atoms in total. The van der Waals surface area contributed by atoms with Crippen LogP contribution in [0.3, 0.4) is 0 Å². The van der Waals surface area contributed by atoms with Crippen LogP contribution in [0.25, 0.3) is 0 Å². The Morgan fingerprint density at radius 3 is 2.85 bits per heavy atom. The molecule has 0 unspecified atom stereocenters. The topological polar surface area (TPSA) is 38.7 Å². The molecule has 0 bridgehead atoms. The Balaban J connectivity index is 2.23. The number of hydrogen-bond donors (Lipinski definition) is 1. The number of aliphatic hydroxyl groups excluding tert-OH is 1. The molecule has 4 heteroatoms. The molecule has 3 atom stereocenters. The summed E-state index contributed by atoms with van der Waals surface area (Å²) in [7, 11) is 0. The molecule has 1 fully saturated rings. The lowest BCUT2D eigenvalue weighted by Gasteiger charge is -2.25. The molecule has 0 aromatic heterocycles. The minimum Gasteiger partial charge on any atom is -0.390 e. The van der Waals surface area contributed by atoms with Gasteiger partial charge in [0.25, 0.3) is 0 Å². The van der Waals surface area contributed by atoms with E-state index >= 15 is 0 Å². The molecule has 0 spiro atoms. The lowest BCUT2D eigenvalue weighted by Crippen LogP contribution is -2.38. The van der Waals surface area contributed by atoms with Crippen LogP contribution in [0.15, 0.2) is 10.6 Å². The number of hydrogen-bond acceptors (Lipinski definition) is 3. The van der Waals surface area contributed by atoms with Gasteiger partial charge in [-0.3, -0.25) is 0 Å². The lowest BCUT2D eigenvalue weighted by molar-refractivity contribution is -0.152. The monoisotopic (exact) mass is 248 g/mol. The third kappa shape index (κ3) is 1.68. The predicted molar refractivity (Wildman–Crippen MR) is 51.5 cm³/mol. The van der Waals surface area contributed by atoms with Crippen LogP contribution in [0.2, 0.25) is 0 Å². The Morgan fingerprint density at radius 1 is 1.54 bits per heavy atom. The SMILES string of the molecule is CC1(C)O[C@H]2[C@H](O)CC=C(Br)[C@H]2O1. The molecule has 1 N–H and O–H groups in total. The fourth-order valence-electron chi connectivity index (χ4n) is 1.77. The maximum Gasteiger partial charge on any atom is 0.164 e. The fourth-order valence-corrected chi connectivity index (χ4v) is 2.31. The summed E-state index contributed by atoms with van der Waals surface area (Å²) >= 11 is 3.42. The first kappa shape index (κ1) is 9.65. The smallest absolute Gasteiger partial charge is 0.164 e. The Bertz CT molecular complexity index is 249. The van der Waals surface area contributed by atoms with Crippen LogP contribution in [0, 0.1) is 0 Å². The van der Waals surface area contributed by atoms with E-state index in [1.807, 2.05) is 19.9 Å². The summed E-state index contributed by atoms with van der Waals surface area (Å²) in [5.41, 5.74) is 0. The Kier molecular flexibility index (Phi) is 2.27. The third-order valence-corrected chi connectivity index (χ3v) is 3.11. The van der Waals surface area contributed by atoms with Crippen LogP contribution in [0.5, 0.6) is 0 Å². The van der Waals surface area contributed by atoms with Gasteiger partial charge in [0.1, 0.15) is 12.2 Å². The second kappa shape index (κ2) is 3.05. The summed E-state index contributed by atoms with van der Waals surface area (Å²) in [5.74, 6) is -0.590. The molecule has 1 aliphatic heterocycles. The Labute approximate surface area is 85.8 Å². The van der Waals surface area contributed by atoms with Crippen molar-refractivity contribution in [2.24, 2.45) is 0 Å². The standard InChI is InChI=1S/C9H13BrO3/c1-9(2)12-7-5(10)3-4-6(11)8(7)13-9/h3,6-8,11H,4H2,1-2H3/t6-,7-,8+/m1/s1. The van der Waals surface area contributed by atoms with Crippen LogP contribution in [-0.4, -0.2) is 29.2 Å². The quantitative estimate of drug-likeness (QED) is 0.707. The predicted octanol–water partition coefficient (Wildman–Crippen LogP) is 1.55. The minimum absolute atomic E-state index is 0.140. The van der Waals surface area contributed by atoms with E-state index in [0.717, 1.165) is 4.48 Å². The van der Waals surface area contributed by atoms with Crippen LogP contribution in [0.1, 0.15) is 20.3 Å². The van der Waals surface area contributed by atoms with E-state index in [1.165, 1.54) is 0 Å². The maximum atomic E-state index is 9.66. The van der Waals surface area contributed by atoms with Gasteiger partial charge in [-0.15, -0.1) is 0 Å². The zero-order chi connectivity index (χ0) is 9.64. The molecular weight excluding hydrogens is 236 g/mol. The van der Waals surface area contributed by atoms with Gasteiger partial charge in [0.2, 0.25) is 0 Å². The Hall–Kier alpha value is 0.1000. The number of rotatable bonds is 0. The molecule has 0 radical (unpaired) electrons. The molecule has 0 amide bonds. The van der Waals surface area contributed by atoms with Gasteiger partial charge in [0.05, 0.1) is 6.10 Å². The number of halogens is 1. The minimum atomic E-state index is -0.590. The van der Waals surface area contributed by atoms with E-state index in [0.29, 0.717) is 6.42 Å². The summed E-state index contributed by atoms with van der Waals surface area (Å²) in [5, 5.41) is 9.66. The van der Waals surface area contributed by atoms with E-state index in [9.17, 15) is 5.11 Å². The van der Waals surface area contributed by atoms with Crippen molar-refractivity contribution in [1.82, 2.24) is 0 Å². The Morgan fingerprint density at radius 2 is 2.23 bits per heavy atom. The zero-order valence-corrected chi connectivity index (χ0v) is 9.24. The van der Waals surface area contributed by atoms with Crippen molar-refractivity contribution in [2.45, 2.75) is 44.4 Å². The van der Waals surface area contributed by atoms with Crippen molar-refractivity contribution in [3.8, 4) is 0 Å². The molecular formula is C9H13BrO3. The van der Waals surface area contributed by atoms with Gasteiger partial charge in [-0.1, -0.05) is 22.0 Å². The molecule has 2 rings (SSSR count). The first-order valence-electron chi connectivity index (χ1n) is 4.39. The van der Waals surface area contributed by atoms with Gasteiger partial charge in [-0.25, -0.2) is 0 Å². The first-order valence-corrected chi connectivity index (χ1v) is 5.18. The van der Waals surface area contributed by atoms with Crippen molar-refractivity contribution in [1.29, 1.82) is 0 Å². The summed E-state index contributed by atoms with van der Waals surface area (Å²) in [6, 6.07) is 0. The van der Waals surface area contributed by atoms with Crippen molar-refractivity contribution >= 4 is 15.9 Å². The van der Waals surface area contributed by atoms with Gasteiger partial charge in [0.15, 0.2) is 5.79 Å². The van der Waals surface area contributed by atoms with E-state index in [2.05, 4.69) is 15.9 Å². The summed E-state index contributed by atoms with van der Waals surface area (Å²) in [4.78, 5) is 0. The highest BCUT2D eigenvalue weighted by molar-refractivity contribution is 9.11. The second-order valence-corrected chi connectivity index (χ2v) is 4.83. The van der Waals surface area contributed by atoms with Gasteiger partial charge < -0.3 is 14.6 Å². The van der Waals surface area contributed by atoms with Gasteiger partial charge >= 0.3 is 0 Å². The number of ether oxygens (including phenoxy) is 2. The van der Waals surface area contributed by atoms with Crippen molar-refractivity contribution in [2.75, 3.05) is 0 Å². The zero-order valence-electron chi connectivity index (χ0n) is 7.66. The van der Waals surface area contributed by atoms with E-state index in [1.54, 1.807) is 0 Å². The third-order valence-electron chi connectivity index (χ3n) is 2.33. The normalized spacial score (nSPS) is 42.8. The van der Waals surface area contributed by atoms with E-state index < -0.39 is 11.9 Å². The van der Waals surface area contributed by atoms with Crippen LogP contribution >= 0.6 is 15.9 Å². The second-order valence-electron chi connectivity index (χ2n) is 3.91. The van der Waals surface area contributed by atoms with E-state index in [-0.39, 0.29) is 12.2 Å². The summed E-state index contributed by atoms with van der Waals surface area (Å²) in [6.45, 7) is 3.72. The molecule has 1 saturated heterocycles. The molecule has 0 aromatic rings. The van der Waals surface area contributed by atoms with Crippen LogP contribution in [0.4, 0.5) is 0 Å². The average molecular weight is 249 g/mol. The fraction of sp³-hybridized carbons (Fsp3) is 0.778. The molecule has 2 aliphatic rings. The van der Waals surface area contributed by atoms with Crippen molar-refractivity contribution < 1.29 is 14.6 Å². The molecule has 13 heavy (non-hydrogen) atoms. The summed E-state index contributed by atoms with van der Waals surface area (Å²) < 4.78 is 12.2. The van der Waals surface area contributed by atoms with E-state index in [4.69, 9.17) is 9.47 Å². The highest BCUT2D eigenvalue weighted by Gasteiger charge is 2.47. The molecule has 1 heterocycles. The first-order chi connectivity index (χ1) is 5.99. The summed E-state index contributed by atoms with van der Waals surface area (Å²) in [6.07, 6.45) is 1.75. The van der Waals surface area contributed by atoms with Crippen molar-refractivity contribution in [3.05, 3.63) is 10.6 Å². The maximum absolute atomic E-state index is 9.66. The van der Waals surface area contributed by atoms with Gasteiger partial charge in [-0.05, 0) is 20.3 Å². The lowest BCUT2D eigenvalue weighted by atomic mass is 9.99. The van der Waals surface area contributed by atoms with Crippen molar-refractivity contribution in [3.63, 3.8) is 0 Å². The molecule has 74 valence electrons. The number of fused-ring (bicyclic) bond motifs is 1. The highest BCUT2D eigenvalue weighted by atomic mass is 79.9. The highest BCUT2D eigenvalue weighted by Crippen LogP contribution is 2.39.